The number of hydrogen-bond acceptors (Lipinski definition) is 3. The lowest BCUT2D eigenvalue weighted by Gasteiger charge is -2.19. The van der Waals surface area contributed by atoms with Gasteiger partial charge in [-0.2, -0.15) is 22.0 Å². The second-order valence-electron chi connectivity index (χ2n) is 3.71. The van der Waals surface area contributed by atoms with Gasteiger partial charge in [0, 0.05) is 12.1 Å². The topological polar surface area (TPSA) is 47.6 Å². The fraction of sp³-hybridized carbons (Fsp3) is 0.364. The second-order valence-corrected chi connectivity index (χ2v) is 4.12. The summed E-state index contributed by atoms with van der Waals surface area (Å²) in [6, 6.07) is 2.06. The first-order chi connectivity index (χ1) is 9.54. The first-order valence-corrected chi connectivity index (χ1v) is 5.60. The van der Waals surface area contributed by atoms with Crippen LogP contribution in [0.25, 0.3) is 0 Å². The minimum atomic E-state index is -6.01. The Balaban J connectivity index is 3.12. The SMILES string of the molecule is COc1cc(Cl)c(NC(=O)C(F)(F)C(F)(F)F)cc1OC. The van der Waals surface area contributed by atoms with Crippen molar-refractivity contribution in [2.45, 2.75) is 12.1 Å². The van der Waals surface area contributed by atoms with Gasteiger partial charge in [0.25, 0.3) is 0 Å². The lowest BCUT2D eigenvalue weighted by Crippen LogP contribution is -2.47. The van der Waals surface area contributed by atoms with E-state index in [2.05, 4.69) is 0 Å². The molecule has 10 heteroatoms. The average Bonchev–Trinajstić information content (AvgIpc) is 2.38. The van der Waals surface area contributed by atoms with Crippen LogP contribution in [0, 0.1) is 0 Å². The Bertz CT molecular complexity index is 547. The highest BCUT2D eigenvalue weighted by Crippen LogP contribution is 2.39. The molecule has 1 rings (SSSR count). The molecular weight excluding hydrogens is 325 g/mol. The highest BCUT2D eigenvalue weighted by molar-refractivity contribution is 6.34. The largest absolute Gasteiger partial charge is 0.493 e. The van der Waals surface area contributed by atoms with Crippen molar-refractivity contribution in [3.8, 4) is 11.5 Å². The standard InChI is InChI=1S/C11H9ClF5NO3/c1-20-7-3-5(12)6(4-8(7)21-2)18-9(19)10(13,14)11(15,16)17/h3-4H,1-2H3,(H,18,19). The Kier molecular flexibility index (Phi) is 4.87. The second kappa shape index (κ2) is 5.92. The van der Waals surface area contributed by atoms with Gasteiger partial charge in [-0.05, 0) is 0 Å². The van der Waals surface area contributed by atoms with Gasteiger partial charge in [-0.25, -0.2) is 0 Å². The van der Waals surface area contributed by atoms with E-state index in [-0.39, 0.29) is 16.5 Å². The van der Waals surface area contributed by atoms with E-state index in [0.29, 0.717) is 0 Å². The van der Waals surface area contributed by atoms with E-state index in [1.54, 1.807) is 0 Å². The Morgan fingerprint density at radius 3 is 2.00 bits per heavy atom. The molecule has 0 aliphatic rings. The normalized spacial score (nSPS) is 12.0. The molecule has 0 bridgehead atoms. The molecule has 0 aliphatic carbocycles. The van der Waals surface area contributed by atoms with Crippen molar-refractivity contribution < 1.29 is 36.2 Å². The maximum atomic E-state index is 12.8. The summed E-state index contributed by atoms with van der Waals surface area (Å²) in [5.41, 5.74) is -0.469. The summed E-state index contributed by atoms with van der Waals surface area (Å²) in [7, 11) is 2.48. The van der Waals surface area contributed by atoms with Gasteiger partial charge >= 0.3 is 18.0 Å². The fourth-order valence-electron chi connectivity index (χ4n) is 1.28. The Morgan fingerprint density at radius 2 is 1.57 bits per heavy atom. The number of alkyl halides is 5. The van der Waals surface area contributed by atoms with Gasteiger partial charge < -0.3 is 14.8 Å². The molecule has 4 nitrogen and oxygen atoms in total. The van der Waals surface area contributed by atoms with Gasteiger partial charge in [0.15, 0.2) is 11.5 Å². The van der Waals surface area contributed by atoms with Crippen LogP contribution in [-0.2, 0) is 4.79 Å². The molecule has 0 heterocycles. The number of ether oxygens (including phenoxy) is 2. The summed E-state index contributed by atoms with van der Waals surface area (Å²) in [5.74, 6) is -8.00. The number of amides is 1. The van der Waals surface area contributed by atoms with Crippen LogP contribution in [0.15, 0.2) is 12.1 Å². The van der Waals surface area contributed by atoms with Gasteiger partial charge in [-0.15, -0.1) is 0 Å². The third-order valence-corrected chi connectivity index (χ3v) is 2.68. The van der Waals surface area contributed by atoms with Crippen molar-refractivity contribution in [2.24, 2.45) is 0 Å². The summed E-state index contributed by atoms with van der Waals surface area (Å²) in [5, 5.41) is 1.11. The molecule has 0 aliphatic heterocycles. The quantitative estimate of drug-likeness (QED) is 0.858. The van der Waals surface area contributed by atoms with Crippen LogP contribution in [0.1, 0.15) is 0 Å². The molecule has 1 aromatic rings. The van der Waals surface area contributed by atoms with E-state index in [1.807, 2.05) is 0 Å². The smallest absolute Gasteiger partial charge is 0.463 e. The third kappa shape index (κ3) is 3.46. The minimum absolute atomic E-state index is 0.00692. The van der Waals surface area contributed by atoms with E-state index < -0.39 is 23.7 Å². The number of nitrogens with one attached hydrogen (secondary N) is 1. The summed E-state index contributed by atoms with van der Waals surface area (Å²) in [4.78, 5) is 11.1. The fourth-order valence-corrected chi connectivity index (χ4v) is 1.48. The van der Waals surface area contributed by atoms with Crippen molar-refractivity contribution in [1.82, 2.24) is 0 Å². The van der Waals surface area contributed by atoms with Crippen molar-refractivity contribution in [2.75, 3.05) is 19.5 Å². The molecular formula is C11H9ClF5NO3. The van der Waals surface area contributed by atoms with Crippen LogP contribution < -0.4 is 14.8 Å². The Labute approximate surface area is 120 Å². The molecule has 0 fully saturated rings. The van der Waals surface area contributed by atoms with Crippen molar-refractivity contribution in [3.05, 3.63) is 17.2 Å². The predicted molar refractivity (Wildman–Crippen MR) is 64.2 cm³/mol. The number of halogens is 6. The van der Waals surface area contributed by atoms with Gasteiger partial charge in [0.1, 0.15) is 0 Å². The Morgan fingerprint density at radius 1 is 1.10 bits per heavy atom. The zero-order valence-electron chi connectivity index (χ0n) is 10.6. The summed E-state index contributed by atoms with van der Waals surface area (Å²) in [6.45, 7) is 0. The maximum absolute atomic E-state index is 12.8. The zero-order valence-corrected chi connectivity index (χ0v) is 11.4. The molecule has 0 radical (unpaired) electrons. The maximum Gasteiger partial charge on any atom is 0.463 e. The molecule has 0 saturated heterocycles. The van der Waals surface area contributed by atoms with Crippen molar-refractivity contribution in [3.63, 3.8) is 0 Å². The molecule has 1 aromatic carbocycles. The van der Waals surface area contributed by atoms with E-state index in [1.165, 1.54) is 19.5 Å². The first-order valence-electron chi connectivity index (χ1n) is 5.22. The first kappa shape index (κ1) is 17.3. The Hall–Kier alpha value is -1.77. The molecule has 0 saturated carbocycles. The number of rotatable bonds is 4. The van der Waals surface area contributed by atoms with Crippen LogP contribution in [0.3, 0.4) is 0 Å². The number of methoxy groups -OCH3 is 2. The van der Waals surface area contributed by atoms with Crippen LogP contribution >= 0.6 is 11.6 Å². The zero-order chi connectivity index (χ0) is 16.4. The molecule has 0 unspecified atom stereocenters. The number of hydrogen-bond donors (Lipinski definition) is 1. The lowest BCUT2D eigenvalue weighted by atomic mass is 10.2. The molecule has 0 spiro atoms. The molecule has 0 aromatic heterocycles. The van der Waals surface area contributed by atoms with Gasteiger partial charge in [0.2, 0.25) is 0 Å². The van der Waals surface area contributed by atoms with Gasteiger partial charge in [-0.1, -0.05) is 11.6 Å². The van der Waals surface area contributed by atoms with E-state index in [4.69, 9.17) is 21.1 Å². The van der Waals surface area contributed by atoms with E-state index in [9.17, 15) is 26.7 Å². The number of carbonyl (C=O) groups is 1. The van der Waals surface area contributed by atoms with Crippen LogP contribution in [0.4, 0.5) is 27.6 Å². The number of benzene rings is 1. The molecule has 118 valence electrons. The van der Waals surface area contributed by atoms with E-state index in [0.717, 1.165) is 12.1 Å². The van der Waals surface area contributed by atoms with Crippen molar-refractivity contribution in [1.29, 1.82) is 0 Å². The predicted octanol–water partition coefficient (Wildman–Crippen LogP) is 3.49. The van der Waals surface area contributed by atoms with E-state index >= 15 is 0 Å². The van der Waals surface area contributed by atoms with Gasteiger partial charge in [-0.3, -0.25) is 4.79 Å². The van der Waals surface area contributed by atoms with Gasteiger partial charge in [0.05, 0.1) is 24.9 Å². The number of carbonyl (C=O) groups excluding carboxylic acids is 1. The molecule has 1 N–H and O–H groups in total. The molecule has 21 heavy (non-hydrogen) atoms. The highest BCUT2D eigenvalue weighted by Gasteiger charge is 2.63. The lowest BCUT2D eigenvalue weighted by molar-refractivity contribution is -0.267. The monoisotopic (exact) mass is 333 g/mol. The van der Waals surface area contributed by atoms with Crippen LogP contribution in [-0.4, -0.2) is 32.2 Å². The van der Waals surface area contributed by atoms with Crippen molar-refractivity contribution >= 4 is 23.2 Å². The third-order valence-electron chi connectivity index (χ3n) is 2.36. The number of anilines is 1. The summed E-state index contributed by atoms with van der Waals surface area (Å²) < 4.78 is 71.5. The minimum Gasteiger partial charge on any atom is -0.493 e. The molecule has 1 amide bonds. The molecule has 0 atom stereocenters. The highest BCUT2D eigenvalue weighted by atomic mass is 35.5. The summed E-state index contributed by atoms with van der Waals surface area (Å²) >= 11 is 5.67. The summed E-state index contributed by atoms with van der Waals surface area (Å²) in [6.07, 6.45) is -6.01. The van der Waals surface area contributed by atoms with Crippen LogP contribution in [0.2, 0.25) is 5.02 Å². The average molecular weight is 334 g/mol. The van der Waals surface area contributed by atoms with Crippen LogP contribution in [0.5, 0.6) is 11.5 Å².